The number of hydrogen-bond donors (Lipinski definition) is 3. The topological polar surface area (TPSA) is 72.4 Å². The lowest BCUT2D eigenvalue weighted by molar-refractivity contribution is -0.0201. The molecule has 3 rings (SSSR count). The largest absolute Gasteiger partial charge is 0.387 e. The Morgan fingerprint density at radius 3 is 2.48 bits per heavy atom. The second-order valence-electron chi connectivity index (χ2n) is 9.73. The Kier molecular flexibility index (Phi) is 12.4. The highest BCUT2D eigenvalue weighted by Crippen LogP contribution is 2.18. The molecule has 2 heterocycles. The third-order valence-electron chi connectivity index (χ3n) is 6.24. The number of likely N-dealkylation sites (tertiary alicyclic amines) is 1. The van der Waals surface area contributed by atoms with Gasteiger partial charge in [-0.25, -0.2) is 4.99 Å². The molecule has 7 nitrogen and oxygen atoms in total. The summed E-state index contributed by atoms with van der Waals surface area (Å²) >= 11 is 0. The molecule has 2 unspecified atom stereocenters. The molecule has 188 valence electrons. The van der Waals surface area contributed by atoms with E-state index in [0.29, 0.717) is 19.6 Å². The summed E-state index contributed by atoms with van der Waals surface area (Å²) in [6.07, 6.45) is 2.67. The molecule has 2 aliphatic rings. The molecule has 0 aromatic heterocycles. The number of guanidine groups is 1. The number of hydrogen-bond acceptors (Lipinski definition) is 5. The van der Waals surface area contributed by atoms with Gasteiger partial charge in [0.2, 0.25) is 0 Å². The highest BCUT2D eigenvalue weighted by molar-refractivity contribution is 14.0. The first-order valence-corrected chi connectivity index (χ1v) is 12.3. The summed E-state index contributed by atoms with van der Waals surface area (Å²) in [6.45, 7) is 15.4. The summed E-state index contributed by atoms with van der Waals surface area (Å²) in [5.74, 6) is 1.55. The number of ether oxygens (including phenoxy) is 1. The van der Waals surface area contributed by atoms with Crippen molar-refractivity contribution in [3.05, 3.63) is 35.4 Å². The minimum absolute atomic E-state index is 0. The van der Waals surface area contributed by atoms with Crippen molar-refractivity contribution in [2.24, 2.45) is 10.9 Å². The number of aliphatic hydroxyl groups is 1. The second kappa shape index (κ2) is 14.5. The highest BCUT2D eigenvalue weighted by atomic mass is 127. The Labute approximate surface area is 217 Å². The number of rotatable bonds is 9. The number of nitrogens with one attached hydrogen (secondary N) is 2. The van der Waals surface area contributed by atoms with Gasteiger partial charge >= 0.3 is 0 Å². The maximum Gasteiger partial charge on any atom is 0.191 e. The molecule has 0 amide bonds. The Hall–Kier alpha value is -0.940. The molecule has 0 saturated carbocycles. The first-order valence-electron chi connectivity index (χ1n) is 12.3. The molecular weight excluding hydrogens is 529 g/mol. The molecule has 2 saturated heterocycles. The summed E-state index contributed by atoms with van der Waals surface area (Å²) in [6, 6.07) is 8.84. The Morgan fingerprint density at radius 1 is 1.12 bits per heavy atom. The Bertz CT molecular complexity index is 707. The van der Waals surface area contributed by atoms with Crippen molar-refractivity contribution in [2.45, 2.75) is 52.3 Å². The van der Waals surface area contributed by atoms with Crippen molar-refractivity contribution in [1.29, 1.82) is 0 Å². The van der Waals surface area contributed by atoms with Gasteiger partial charge in [0.1, 0.15) is 0 Å². The molecule has 2 fully saturated rings. The normalized spacial score (nSPS) is 22.3. The van der Waals surface area contributed by atoms with E-state index in [1.165, 1.54) is 37.1 Å². The fourth-order valence-electron chi connectivity index (χ4n) is 4.52. The monoisotopic (exact) mass is 573 g/mol. The lowest BCUT2D eigenvalue weighted by Crippen LogP contribution is -2.52. The quantitative estimate of drug-likeness (QED) is 0.240. The van der Waals surface area contributed by atoms with Crippen molar-refractivity contribution in [1.82, 2.24) is 20.4 Å². The average molecular weight is 574 g/mol. The predicted molar refractivity (Wildman–Crippen MR) is 146 cm³/mol. The minimum Gasteiger partial charge on any atom is -0.387 e. The lowest BCUT2D eigenvalue weighted by Gasteiger charge is -2.34. The van der Waals surface area contributed by atoms with Gasteiger partial charge in [0.25, 0.3) is 0 Å². The van der Waals surface area contributed by atoms with Crippen molar-refractivity contribution in [2.75, 3.05) is 59.0 Å². The van der Waals surface area contributed by atoms with Gasteiger partial charge in [-0.2, -0.15) is 0 Å². The summed E-state index contributed by atoms with van der Waals surface area (Å²) in [4.78, 5) is 9.55. The van der Waals surface area contributed by atoms with E-state index in [9.17, 15) is 5.11 Å². The van der Waals surface area contributed by atoms with E-state index in [0.717, 1.165) is 51.3 Å². The summed E-state index contributed by atoms with van der Waals surface area (Å²) in [5, 5.41) is 17.4. The van der Waals surface area contributed by atoms with Crippen LogP contribution in [0.15, 0.2) is 29.3 Å². The van der Waals surface area contributed by atoms with Crippen LogP contribution in [0.2, 0.25) is 0 Å². The van der Waals surface area contributed by atoms with E-state index in [4.69, 9.17) is 9.73 Å². The van der Waals surface area contributed by atoms with Crippen LogP contribution in [-0.2, 0) is 17.8 Å². The van der Waals surface area contributed by atoms with Crippen molar-refractivity contribution in [3.63, 3.8) is 0 Å². The summed E-state index contributed by atoms with van der Waals surface area (Å²) in [7, 11) is 0. The molecule has 2 aliphatic heterocycles. The zero-order valence-electron chi connectivity index (χ0n) is 20.7. The van der Waals surface area contributed by atoms with Crippen LogP contribution < -0.4 is 10.6 Å². The van der Waals surface area contributed by atoms with Crippen LogP contribution in [-0.4, -0.2) is 85.5 Å². The zero-order chi connectivity index (χ0) is 22.8. The molecule has 2 atom stereocenters. The predicted octanol–water partition coefficient (Wildman–Crippen LogP) is 2.67. The van der Waals surface area contributed by atoms with Crippen LogP contribution in [0.3, 0.4) is 0 Å². The van der Waals surface area contributed by atoms with Crippen molar-refractivity contribution >= 4 is 29.9 Å². The average Bonchev–Trinajstić information content (AvgIpc) is 2.77. The molecule has 0 aliphatic carbocycles. The third kappa shape index (κ3) is 10.5. The number of aliphatic imine (C=N–C) groups is 1. The maximum atomic E-state index is 10.8. The van der Waals surface area contributed by atoms with Crippen LogP contribution in [0.1, 0.15) is 44.7 Å². The number of β-amino-alcohol motifs (C(OH)–C–C–N with tert-alkyl or cyclic N) is 1. The number of halogens is 1. The number of nitrogens with zero attached hydrogens (tertiary/aromatic N) is 3. The number of benzene rings is 1. The van der Waals surface area contributed by atoms with Gasteiger partial charge in [-0.05, 0) is 50.3 Å². The standard InChI is InChI=1S/C25H43N5O2.HI/c1-4-26-24(28-19-25(3,31)20-29-12-14-32-15-13-29)27-16-22-7-9-23(10-8-22)18-30-11-5-6-21(2)17-30;/h7-10,21,31H,4-6,11-20H2,1-3H3,(H2,26,27,28);1H. The summed E-state index contributed by atoms with van der Waals surface area (Å²) in [5.41, 5.74) is 1.73. The zero-order valence-corrected chi connectivity index (χ0v) is 23.0. The third-order valence-corrected chi connectivity index (χ3v) is 6.24. The van der Waals surface area contributed by atoms with Crippen LogP contribution in [0, 0.1) is 5.92 Å². The van der Waals surface area contributed by atoms with Crippen LogP contribution in [0.5, 0.6) is 0 Å². The summed E-state index contributed by atoms with van der Waals surface area (Å²) < 4.78 is 5.40. The van der Waals surface area contributed by atoms with Gasteiger partial charge in [-0.3, -0.25) is 9.80 Å². The molecule has 0 spiro atoms. The molecule has 3 N–H and O–H groups in total. The Balaban J connectivity index is 0.00000385. The maximum absolute atomic E-state index is 10.8. The molecule has 8 heteroatoms. The SMILES string of the molecule is CCNC(=NCc1ccc(CN2CCCC(C)C2)cc1)NCC(C)(O)CN1CCOCC1.I. The molecule has 33 heavy (non-hydrogen) atoms. The lowest BCUT2D eigenvalue weighted by atomic mass is 9.99. The molecule has 1 aromatic rings. The first kappa shape index (κ1) is 28.3. The van der Waals surface area contributed by atoms with Crippen LogP contribution in [0.25, 0.3) is 0 Å². The number of morpholine rings is 1. The fraction of sp³-hybridized carbons (Fsp3) is 0.720. The van der Waals surface area contributed by atoms with Gasteiger partial charge in [0, 0.05) is 45.8 Å². The van der Waals surface area contributed by atoms with E-state index in [-0.39, 0.29) is 24.0 Å². The van der Waals surface area contributed by atoms with E-state index in [1.54, 1.807) is 0 Å². The van der Waals surface area contributed by atoms with Gasteiger partial charge < -0.3 is 20.5 Å². The van der Waals surface area contributed by atoms with E-state index >= 15 is 0 Å². The Morgan fingerprint density at radius 2 is 1.82 bits per heavy atom. The first-order chi connectivity index (χ1) is 15.4. The highest BCUT2D eigenvalue weighted by Gasteiger charge is 2.25. The molecule has 0 bridgehead atoms. The fourth-order valence-corrected chi connectivity index (χ4v) is 4.52. The van der Waals surface area contributed by atoms with Crippen LogP contribution >= 0.6 is 24.0 Å². The number of piperidine rings is 1. The molecule has 1 aromatic carbocycles. The van der Waals surface area contributed by atoms with E-state index in [2.05, 4.69) is 58.5 Å². The smallest absolute Gasteiger partial charge is 0.191 e. The van der Waals surface area contributed by atoms with Crippen molar-refractivity contribution < 1.29 is 9.84 Å². The van der Waals surface area contributed by atoms with E-state index in [1.807, 2.05) is 6.92 Å². The van der Waals surface area contributed by atoms with Gasteiger partial charge in [0.05, 0.1) is 25.4 Å². The second-order valence-corrected chi connectivity index (χ2v) is 9.73. The molecule has 0 radical (unpaired) electrons. The minimum atomic E-state index is -0.832. The van der Waals surface area contributed by atoms with Gasteiger partial charge in [-0.1, -0.05) is 31.2 Å². The van der Waals surface area contributed by atoms with Crippen LogP contribution in [0.4, 0.5) is 0 Å². The van der Waals surface area contributed by atoms with E-state index < -0.39 is 5.60 Å². The van der Waals surface area contributed by atoms with Gasteiger partial charge in [-0.15, -0.1) is 24.0 Å². The van der Waals surface area contributed by atoms with Crippen molar-refractivity contribution in [3.8, 4) is 0 Å². The van der Waals surface area contributed by atoms with Gasteiger partial charge in [0.15, 0.2) is 5.96 Å². The molecular formula is C25H44IN5O2.